The van der Waals surface area contributed by atoms with Crippen LogP contribution < -0.4 is 10.1 Å². The molecule has 0 aliphatic rings. The molecule has 0 radical (unpaired) electrons. The molecule has 3 aromatic rings. The molecule has 1 heterocycles. The highest BCUT2D eigenvalue weighted by Gasteiger charge is 2.13. The molecule has 6 heteroatoms. The lowest BCUT2D eigenvalue weighted by Crippen LogP contribution is -2.23. The Labute approximate surface area is 130 Å². The van der Waals surface area contributed by atoms with Crippen LogP contribution in [0.3, 0.4) is 0 Å². The van der Waals surface area contributed by atoms with E-state index in [0.717, 1.165) is 15.2 Å². The third-order valence-corrected chi connectivity index (χ3v) is 4.20. The number of methoxy groups -OCH3 is 1. The second kappa shape index (κ2) is 6.11. The number of ether oxygens (including phenoxy) is 1. The number of nitrogens with zero attached hydrogens (tertiary/aromatic N) is 1. The van der Waals surface area contributed by atoms with Gasteiger partial charge in [0.05, 0.1) is 29.4 Å². The zero-order chi connectivity index (χ0) is 15.5. The van der Waals surface area contributed by atoms with Gasteiger partial charge in [-0.2, -0.15) is 0 Å². The Balaban J connectivity index is 1.71. The van der Waals surface area contributed by atoms with Gasteiger partial charge in [0, 0.05) is 6.07 Å². The molecule has 112 valence electrons. The molecule has 1 amide bonds. The predicted molar refractivity (Wildman–Crippen MR) is 83.7 cm³/mol. The van der Waals surface area contributed by atoms with Gasteiger partial charge in [0.1, 0.15) is 16.6 Å². The summed E-state index contributed by atoms with van der Waals surface area (Å²) in [5, 5.41) is 3.46. The van der Waals surface area contributed by atoms with Crippen LogP contribution in [0.1, 0.15) is 15.4 Å². The number of rotatable bonds is 4. The number of benzene rings is 2. The monoisotopic (exact) mass is 316 g/mol. The van der Waals surface area contributed by atoms with Crippen LogP contribution >= 0.6 is 11.3 Å². The summed E-state index contributed by atoms with van der Waals surface area (Å²) in [6.45, 7) is 0.268. The highest BCUT2D eigenvalue weighted by Crippen LogP contribution is 2.21. The second-order valence-electron chi connectivity index (χ2n) is 4.60. The molecule has 1 N–H and O–H groups in total. The summed E-state index contributed by atoms with van der Waals surface area (Å²) in [6.07, 6.45) is 0. The van der Waals surface area contributed by atoms with Crippen LogP contribution in [-0.4, -0.2) is 18.0 Å². The summed E-state index contributed by atoms with van der Waals surface area (Å²) in [5.41, 5.74) is 0.884. The zero-order valence-corrected chi connectivity index (χ0v) is 12.6. The Morgan fingerprint density at radius 3 is 2.86 bits per heavy atom. The van der Waals surface area contributed by atoms with Crippen LogP contribution in [0.4, 0.5) is 4.39 Å². The highest BCUT2D eigenvalue weighted by atomic mass is 32.1. The SMILES string of the molecule is COc1ccc(C(=O)NCc2nc3ccccc3s2)c(F)c1. The van der Waals surface area contributed by atoms with Gasteiger partial charge in [-0.1, -0.05) is 12.1 Å². The average molecular weight is 316 g/mol. The fourth-order valence-electron chi connectivity index (χ4n) is 2.05. The Hall–Kier alpha value is -2.47. The van der Waals surface area contributed by atoms with Crippen molar-refractivity contribution in [3.63, 3.8) is 0 Å². The summed E-state index contributed by atoms with van der Waals surface area (Å²) in [6, 6.07) is 11.9. The average Bonchev–Trinajstić information content (AvgIpc) is 2.95. The largest absolute Gasteiger partial charge is 0.497 e. The predicted octanol–water partition coefficient (Wildman–Crippen LogP) is 3.37. The number of hydrogen-bond acceptors (Lipinski definition) is 4. The first-order chi connectivity index (χ1) is 10.7. The van der Waals surface area contributed by atoms with E-state index in [4.69, 9.17) is 4.74 Å². The van der Waals surface area contributed by atoms with Crippen LogP contribution in [0.5, 0.6) is 5.75 Å². The fraction of sp³-hybridized carbons (Fsp3) is 0.125. The van der Waals surface area contributed by atoms with E-state index in [9.17, 15) is 9.18 Å². The molecule has 0 unspecified atom stereocenters. The molecule has 0 aliphatic carbocycles. The summed E-state index contributed by atoms with van der Waals surface area (Å²) >= 11 is 1.51. The third-order valence-electron chi connectivity index (χ3n) is 3.16. The summed E-state index contributed by atoms with van der Waals surface area (Å²) in [5.74, 6) is -0.708. The molecule has 0 atom stereocenters. The first-order valence-electron chi connectivity index (χ1n) is 6.63. The zero-order valence-electron chi connectivity index (χ0n) is 11.8. The minimum atomic E-state index is -0.610. The van der Waals surface area contributed by atoms with Crippen LogP contribution in [0, 0.1) is 5.82 Å². The molecule has 3 rings (SSSR count). The van der Waals surface area contributed by atoms with Crippen molar-refractivity contribution in [2.24, 2.45) is 0 Å². The standard InChI is InChI=1S/C16H13FN2O2S/c1-21-10-6-7-11(12(17)8-10)16(20)18-9-15-19-13-4-2-3-5-14(13)22-15/h2-8H,9H2,1H3,(H,18,20). The van der Waals surface area contributed by atoms with Gasteiger partial charge in [0.25, 0.3) is 5.91 Å². The summed E-state index contributed by atoms with van der Waals surface area (Å²) in [4.78, 5) is 16.5. The van der Waals surface area contributed by atoms with Crippen molar-refractivity contribution in [2.45, 2.75) is 6.54 Å². The molecule has 0 fully saturated rings. The normalized spacial score (nSPS) is 10.6. The Bertz CT molecular complexity index is 799. The third kappa shape index (κ3) is 2.92. The molecule has 0 saturated heterocycles. The number of amides is 1. The number of carbonyl (C=O) groups excluding carboxylic acids is 1. The van der Waals surface area contributed by atoms with Gasteiger partial charge in [-0.15, -0.1) is 11.3 Å². The minimum absolute atomic E-state index is 0.0121. The second-order valence-corrected chi connectivity index (χ2v) is 5.72. The van der Waals surface area contributed by atoms with Crippen LogP contribution in [0.25, 0.3) is 10.2 Å². The molecule has 0 aliphatic heterocycles. The van der Waals surface area contributed by atoms with E-state index in [1.54, 1.807) is 6.07 Å². The van der Waals surface area contributed by atoms with Crippen molar-refractivity contribution >= 4 is 27.5 Å². The fourth-order valence-corrected chi connectivity index (χ4v) is 2.96. The van der Waals surface area contributed by atoms with Gasteiger partial charge in [-0.3, -0.25) is 4.79 Å². The summed E-state index contributed by atoms with van der Waals surface area (Å²) < 4.78 is 19.8. The molecule has 0 spiro atoms. The van der Waals surface area contributed by atoms with Crippen LogP contribution in [-0.2, 0) is 6.54 Å². The van der Waals surface area contributed by atoms with Gasteiger partial charge in [0.15, 0.2) is 0 Å². The van der Waals surface area contributed by atoms with Gasteiger partial charge < -0.3 is 10.1 Å². The maximum absolute atomic E-state index is 13.8. The van der Waals surface area contributed by atoms with Crippen LogP contribution in [0.15, 0.2) is 42.5 Å². The Kier molecular flexibility index (Phi) is 4.02. The van der Waals surface area contributed by atoms with E-state index in [2.05, 4.69) is 10.3 Å². The van der Waals surface area contributed by atoms with Crippen LogP contribution in [0.2, 0.25) is 0 Å². The molecule has 0 bridgehead atoms. The van der Waals surface area contributed by atoms with Crippen molar-refractivity contribution in [3.05, 3.63) is 58.9 Å². The number of carbonyl (C=O) groups is 1. The lowest BCUT2D eigenvalue weighted by Gasteiger charge is -2.06. The van der Waals surface area contributed by atoms with E-state index >= 15 is 0 Å². The topological polar surface area (TPSA) is 51.2 Å². The lowest BCUT2D eigenvalue weighted by molar-refractivity contribution is 0.0947. The van der Waals surface area contributed by atoms with E-state index in [1.165, 1.54) is 30.6 Å². The van der Waals surface area contributed by atoms with Gasteiger partial charge >= 0.3 is 0 Å². The number of thiazole rings is 1. The maximum Gasteiger partial charge on any atom is 0.254 e. The number of nitrogens with one attached hydrogen (secondary N) is 1. The lowest BCUT2D eigenvalue weighted by atomic mass is 10.2. The van der Waals surface area contributed by atoms with E-state index < -0.39 is 11.7 Å². The van der Waals surface area contributed by atoms with Crippen molar-refractivity contribution in [3.8, 4) is 5.75 Å². The Morgan fingerprint density at radius 2 is 2.14 bits per heavy atom. The van der Waals surface area contributed by atoms with Gasteiger partial charge in [0.2, 0.25) is 0 Å². The highest BCUT2D eigenvalue weighted by molar-refractivity contribution is 7.18. The molecular weight excluding hydrogens is 303 g/mol. The van der Waals surface area contributed by atoms with Crippen molar-refractivity contribution in [2.75, 3.05) is 7.11 Å². The minimum Gasteiger partial charge on any atom is -0.497 e. The van der Waals surface area contributed by atoms with Crippen molar-refractivity contribution in [1.29, 1.82) is 0 Å². The molecular formula is C16H13FN2O2S. The molecule has 22 heavy (non-hydrogen) atoms. The number of aromatic nitrogens is 1. The first-order valence-corrected chi connectivity index (χ1v) is 7.45. The number of para-hydroxylation sites is 1. The first kappa shape index (κ1) is 14.5. The Morgan fingerprint density at radius 1 is 1.32 bits per heavy atom. The van der Waals surface area contributed by atoms with Crippen molar-refractivity contribution < 1.29 is 13.9 Å². The molecule has 1 aromatic heterocycles. The number of fused-ring (bicyclic) bond motifs is 1. The van der Waals surface area contributed by atoms with Gasteiger partial charge in [-0.25, -0.2) is 9.37 Å². The molecule has 0 saturated carbocycles. The van der Waals surface area contributed by atoms with Gasteiger partial charge in [-0.05, 0) is 24.3 Å². The summed E-state index contributed by atoms with van der Waals surface area (Å²) in [7, 11) is 1.45. The molecule has 2 aromatic carbocycles. The number of halogens is 1. The molecule has 4 nitrogen and oxygen atoms in total. The maximum atomic E-state index is 13.8. The number of hydrogen-bond donors (Lipinski definition) is 1. The van der Waals surface area contributed by atoms with Crippen molar-refractivity contribution in [1.82, 2.24) is 10.3 Å². The van der Waals surface area contributed by atoms with E-state index in [-0.39, 0.29) is 12.1 Å². The van der Waals surface area contributed by atoms with E-state index in [1.807, 2.05) is 24.3 Å². The van der Waals surface area contributed by atoms with E-state index in [0.29, 0.717) is 5.75 Å². The quantitative estimate of drug-likeness (QED) is 0.803. The smallest absolute Gasteiger partial charge is 0.254 e.